The summed E-state index contributed by atoms with van der Waals surface area (Å²) in [6.45, 7) is 8.84. The van der Waals surface area contributed by atoms with Crippen LogP contribution in [0.1, 0.15) is 34.1 Å². The van der Waals surface area contributed by atoms with E-state index < -0.39 is 0 Å². The van der Waals surface area contributed by atoms with E-state index in [1.54, 1.807) is 0 Å². The molecule has 62 valence electrons. The summed E-state index contributed by atoms with van der Waals surface area (Å²) in [6, 6.07) is 0. The van der Waals surface area contributed by atoms with E-state index in [1.807, 2.05) is 20.8 Å². The Labute approximate surface area is 63.5 Å². The second-order valence-corrected chi connectivity index (χ2v) is 2.12. The zero-order valence-corrected chi connectivity index (χ0v) is 7.39. The lowest BCUT2D eigenvalue weighted by atomic mass is 10.4. The van der Waals surface area contributed by atoms with Gasteiger partial charge in [0.15, 0.2) is 6.29 Å². The average Bonchev–Trinajstić information content (AvgIpc) is 2.40. The van der Waals surface area contributed by atoms with E-state index in [0.717, 1.165) is 13.0 Å². The molecule has 1 heterocycles. The SMILES string of the molecule is CC.CCC1OCC(C)O1. The molecule has 1 rings (SSSR count). The van der Waals surface area contributed by atoms with Gasteiger partial charge in [-0.05, 0) is 13.3 Å². The van der Waals surface area contributed by atoms with Crippen molar-refractivity contribution in [1.82, 2.24) is 0 Å². The van der Waals surface area contributed by atoms with Crippen LogP contribution in [0.25, 0.3) is 0 Å². The van der Waals surface area contributed by atoms with Gasteiger partial charge in [-0.15, -0.1) is 0 Å². The van der Waals surface area contributed by atoms with Gasteiger partial charge in [0.1, 0.15) is 0 Å². The van der Waals surface area contributed by atoms with Gasteiger partial charge in [0, 0.05) is 0 Å². The molecule has 0 aromatic heterocycles. The summed E-state index contributed by atoms with van der Waals surface area (Å²) in [5, 5.41) is 0. The molecule has 10 heavy (non-hydrogen) atoms. The predicted octanol–water partition coefficient (Wildman–Crippen LogP) is 2.18. The van der Waals surface area contributed by atoms with Crippen molar-refractivity contribution in [2.24, 2.45) is 0 Å². The van der Waals surface area contributed by atoms with Crippen LogP contribution in [0.4, 0.5) is 0 Å². The first-order valence-electron chi connectivity index (χ1n) is 4.10. The molecule has 2 heteroatoms. The Morgan fingerprint density at radius 2 is 2.00 bits per heavy atom. The van der Waals surface area contributed by atoms with Crippen LogP contribution in [0, 0.1) is 0 Å². The lowest BCUT2D eigenvalue weighted by molar-refractivity contribution is -0.0557. The summed E-state index contributed by atoms with van der Waals surface area (Å²) in [7, 11) is 0. The molecule has 0 aliphatic carbocycles. The Morgan fingerprint density at radius 3 is 2.20 bits per heavy atom. The maximum Gasteiger partial charge on any atom is 0.157 e. The van der Waals surface area contributed by atoms with Crippen LogP contribution in [-0.2, 0) is 9.47 Å². The van der Waals surface area contributed by atoms with Gasteiger partial charge in [0.25, 0.3) is 0 Å². The third-order valence-electron chi connectivity index (χ3n) is 1.23. The van der Waals surface area contributed by atoms with Crippen LogP contribution in [-0.4, -0.2) is 19.0 Å². The molecule has 1 fully saturated rings. The zero-order valence-electron chi connectivity index (χ0n) is 7.39. The summed E-state index contributed by atoms with van der Waals surface area (Å²) in [5.74, 6) is 0. The second-order valence-electron chi connectivity index (χ2n) is 2.12. The van der Waals surface area contributed by atoms with Crippen molar-refractivity contribution in [1.29, 1.82) is 0 Å². The molecular formula is C8H18O2. The van der Waals surface area contributed by atoms with Crippen molar-refractivity contribution >= 4 is 0 Å². The van der Waals surface area contributed by atoms with Gasteiger partial charge in [-0.1, -0.05) is 20.8 Å². The molecule has 0 radical (unpaired) electrons. The minimum absolute atomic E-state index is 0.0741. The molecule has 0 saturated carbocycles. The van der Waals surface area contributed by atoms with Gasteiger partial charge in [-0.3, -0.25) is 0 Å². The third kappa shape index (κ3) is 3.18. The lowest BCUT2D eigenvalue weighted by Gasteiger charge is -2.03. The Hall–Kier alpha value is -0.0800. The second kappa shape index (κ2) is 5.69. The van der Waals surface area contributed by atoms with Gasteiger partial charge in [-0.2, -0.15) is 0 Å². The number of ether oxygens (including phenoxy) is 2. The van der Waals surface area contributed by atoms with Crippen molar-refractivity contribution in [3.8, 4) is 0 Å². The van der Waals surface area contributed by atoms with Gasteiger partial charge in [0.2, 0.25) is 0 Å². The molecule has 0 aromatic carbocycles. The number of rotatable bonds is 1. The Balaban J connectivity index is 0.000000371. The Bertz CT molecular complexity index is 73.7. The quantitative estimate of drug-likeness (QED) is 0.564. The molecule has 0 N–H and O–H groups in total. The Morgan fingerprint density at radius 1 is 1.40 bits per heavy atom. The molecule has 1 aliphatic heterocycles. The van der Waals surface area contributed by atoms with Crippen LogP contribution >= 0.6 is 0 Å². The molecule has 0 amide bonds. The molecule has 2 unspecified atom stereocenters. The maximum atomic E-state index is 5.29. The molecule has 0 aromatic rings. The van der Waals surface area contributed by atoms with E-state index >= 15 is 0 Å². The van der Waals surface area contributed by atoms with E-state index in [0.29, 0.717) is 6.10 Å². The highest BCUT2D eigenvalue weighted by Crippen LogP contribution is 2.12. The first kappa shape index (κ1) is 9.92. The molecule has 2 atom stereocenters. The summed E-state index contributed by atoms with van der Waals surface area (Å²) < 4.78 is 10.5. The zero-order chi connectivity index (χ0) is 7.98. The van der Waals surface area contributed by atoms with Crippen LogP contribution in [0.15, 0.2) is 0 Å². The molecule has 2 nitrogen and oxygen atoms in total. The fraction of sp³-hybridized carbons (Fsp3) is 1.00. The van der Waals surface area contributed by atoms with Crippen molar-refractivity contribution in [3.05, 3.63) is 0 Å². The van der Waals surface area contributed by atoms with Crippen LogP contribution < -0.4 is 0 Å². The first-order chi connectivity index (χ1) is 4.83. The minimum Gasteiger partial charge on any atom is -0.350 e. The van der Waals surface area contributed by atoms with Gasteiger partial charge in [-0.25, -0.2) is 0 Å². The first-order valence-corrected chi connectivity index (χ1v) is 4.10. The van der Waals surface area contributed by atoms with Crippen molar-refractivity contribution < 1.29 is 9.47 Å². The molecular weight excluding hydrogens is 128 g/mol. The normalized spacial score (nSPS) is 31.2. The van der Waals surface area contributed by atoms with Crippen LogP contribution in [0.3, 0.4) is 0 Å². The maximum absolute atomic E-state index is 5.29. The van der Waals surface area contributed by atoms with E-state index in [2.05, 4.69) is 6.92 Å². The predicted molar refractivity (Wildman–Crippen MR) is 41.9 cm³/mol. The van der Waals surface area contributed by atoms with E-state index in [1.165, 1.54) is 0 Å². The standard InChI is InChI=1S/C6H12O2.C2H6/c1-3-6-7-4-5(2)8-6;1-2/h5-6H,3-4H2,1-2H3;1-2H3. The third-order valence-corrected chi connectivity index (χ3v) is 1.23. The van der Waals surface area contributed by atoms with Crippen molar-refractivity contribution in [3.63, 3.8) is 0 Å². The number of hydrogen-bond donors (Lipinski definition) is 0. The highest BCUT2D eigenvalue weighted by Gasteiger charge is 2.19. The highest BCUT2D eigenvalue weighted by atomic mass is 16.7. The van der Waals surface area contributed by atoms with E-state index in [-0.39, 0.29) is 6.29 Å². The van der Waals surface area contributed by atoms with Crippen LogP contribution in [0.2, 0.25) is 0 Å². The van der Waals surface area contributed by atoms with E-state index in [9.17, 15) is 0 Å². The lowest BCUT2D eigenvalue weighted by Crippen LogP contribution is -2.06. The van der Waals surface area contributed by atoms with Gasteiger partial charge in [0.05, 0.1) is 12.7 Å². The highest BCUT2D eigenvalue weighted by molar-refractivity contribution is 4.57. The fourth-order valence-corrected chi connectivity index (χ4v) is 0.795. The molecule has 0 spiro atoms. The molecule has 1 aliphatic rings. The van der Waals surface area contributed by atoms with Gasteiger partial charge >= 0.3 is 0 Å². The van der Waals surface area contributed by atoms with Crippen LogP contribution in [0.5, 0.6) is 0 Å². The molecule has 1 saturated heterocycles. The Kier molecular flexibility index (Phi) is 5.64. The van der Waals surface area contributed by atoms with E-state index in [4.69, 9.17) is 9.47 Å². The summed E-state index contributed by atoms with van der Waals surface area (Å²) in [6.07, 6.45) is 1.34. The largest absolute Gasteiger partial charge is 0.350 e. The fourth-order valence-electron chi connectivity index (χ4n) is 0.795. The monoisotopic (exact) mass is 146 g/mol. The molecule has 0 bridgehead atoms. The van der Waals surface area contributed by atoms with Crippen molar-refractivity contribution in [2.75, 3.05) is 6.61 Å². The van der Waals surface area contributed by atoms with Crippen molar-refractivity contribution in [2.45, 2.75) is 46.5 Å². The van der Waals surface area contributed by atoms with Gasteiger partial charge < -0.3 is 9.47 Å². The average molecular weight is 146 g/mol. The summed E-state index contributed by atoms with van der Waals surface area (Å²) in [4.78, 5) is 0. The summed E-state index contributed by atoms with van der Waals surface area (Å²) in [5.41, 5.74) is 0. The smallest absolute Gasteiger partial charge is 0.157 e. The minimum atomic E-state index is 0.0741. The number of hydrogen-bond acceptors (Lipinski definition) is 2. The topological polar surface area (TPSA) is 18.5 Å². The summed E-state index contributed by atoms with van der Waals surface area (Å²) >= 11 is 0.